The molecule has 24 heavy (non-hydrogen) atoms. The highest BCUT2D eigenvalue weighted by Gasteiger charge is 2.04. The molecule has 2 nitrogen and oxygen atoms in total. The largest absolute Gasteiger partial charge is 0.488 e. The predicted octanol–water partition coefficient (Wildman–Crippen LogP) is 6.09. The predicted molar refractivity (Wildman–Crippen MR) is 103 cm³/mol. The maximum atomic E-state index is 5.99. The molecule has 0 N–H and O–H groups in total. The first kappa shape index (κ1) is 16.5. The van der Waals surface area contributed by atoms with Crippen LogP contribution in [0.25, 0.3) is 0 Å². The van der Waals surface area contributed by atoms with Gasteiger partial charge in [-0.05, 0) is 42.8 Å². The van der Waals surface area contributed by atoms with Gasteiger partial charge in [-0.3, -0.25) is 4.99 Å². The van der Waals surface area contributed by atoms with Crippen LogP contribution in [0.2, 0.25) is 0 Å². The number of halogens is 1. The minimum absolute atomic E-state index is 0.536. The molecule has 0 aliphatic rings. The maximum absolute atomic E-state index is 5.99. The van der Waals surface area contributed by atoms with Crippen molar-refractivity contribution in [2.24, 2.45) is 4.99 Å². The van der Waals surface area contributed by atoms with E-state index >= 15 is 0 Å². The zero-order valence-corrected chi connectivity index (χ0v) is 15.0. The zero-order chi connectivity index (χ0) is 16.8. The second kappa shape index (κ2) is 7.93. The van der Waals surface area contributed by atoms with E-state index in [9.17, 15) is 0 Å². The Morgan fingerprint density at radius 3 is 2.46 bits per heavy atom. The molecule has 0 atom stereocenters. The number of aryl methyl sites for hydroxylation is 1. The number of rotatable bonds is 5. The van der Waals surface area contributed by atoms with Crippen LogP contribution >= 0.6 is 15.9 Å². The number of aliphatic imine (C=N–C) groups is 1. The number of benzene rings is 3. The number of hydrogen-bond acceptors (Lipinski definition) is 2. The Morgan fingerprint density at radius 2 is 1.71 bits per heavy atom. The lowest BCUT2D eigenvalue weighted by Gasteiger charge is -2.10. The van der Waals surface area contributed by atoms with Crippen molar-refractivity contribution in [3.63, 3.8) is 0 Å². The van der Waals surface area contributed by atoms with Crippen molar-refractivity contribution in [2.75, 3.05) is 0 Å². The fourth-order valence-corrected chi connectivity index (χ4v) is 2.63. The highest BCUT2D eigenvalue weighted by atomic mass is 79.9. The van der Waals surface area contributed by atoms with Gasteiger partial charge in [-0.15, -0.1) is 0 Å². The van der Waals surface area contributed by atoms with E-state index < -0.39 is 0 Å². The normalized spacial score (nSPS) is 10.9. The monoisotopic (exact) mass is 379 g/mol. The lowest BCUT2D eigenvalue weighted by molar-refractivity contribution is 0.306. The smallest absolute Gasteiger partial charge is 0.128 e. The first-order chi connectivity index (χ1) is 11.7. The van der Waals surface area contributed by atoms with Crippen molar-refractivity contribution in [1.29, 1.82) is 0 Å². The van der Waals surface area contributed by atoms with Gasteiger partial charge < -0.3 is 4.74 Å². The van der Waals surface area contributed by atoms with Gasteiger partial charge in [0, 0.05) is 16.3 Å². The fourth-order valence-electron chi connectivity index (χ4n) is 2.26. The van der Waals surface area contributed by atoms with E-state index in [-0.39, 0.29) is 0 Å². The average molecular weight is 380 g/mol. The summed E-state index contributed by atoms with van der Waals surface area (Å²) in [7, 11) is 0. The van der Waals surface area contributed by atoms with Crippen molar-refractivity contribution in [1.82, 2.24) is 0 Å². The molecule has 0 aliphatic heterocycles. The summed E-state index contributed by atoms with van der Waals surface area (Å²) in [6.45, 7) is 2.62. The van der Waals surface area contributed by atoms with E-state index in [4.69, 9.17) is 4.74 Å². The molecule has 0 amide bonds. The molecule has 3 rings (SSSR count). The molecule has 0 saturated carbocycles. The SMILES string of the molecule is Cc1ccc(COc2ccc(Br)cc2C=Nc2ccccc2)cc1. The van der Waals surface area contributed by atoms with E-state index in [1.807, 2.05) is 54.7 Å². The van der Waals surface area contributed by atoms with Gasteiger partial charge in [0.05, 0.1) is 5.69 Å². The second-order valence-electron chi connectivity index (χ2n) is 5.55. The first-order valence-electron chi connectivity index (χ1n) is 7.78. The number of nitrogens with zero attached hydrogens (tertiary/aromatic N) is 1. The summed E-state index contributed by atoms with van der Waals surface area (Å²) in [5.41, 5.74) is 4.26. The van der Waals surface area contributed by atoms with Crippen LogP contribution in [0.15, 0.2) is 82.3 Å². The Labute approximate surface area is 151 Å². The zero-order valence-electron chi connectivity index (χ0n) is 13.4. The van der Waals surface area contributed by atoms with Crippen LogP contribution in [0.4, 0.5) is 5.69 Å². The lowest BCUT2D eigenvalue weighted by Crippen LogP contribution is -1.98. The summed E-state index contributed by atoms with van der Waals surface area (Å²) >= 11 is 3.51. The van der Waals surface area contributed by atoms with E-state index in [1.54, 1.807) is 0 Å². The van der Waals surface area contributed by atoms with Crippen molar-refractivity contribution < 1.29 is 4.74 Å². The maximum Gasteiger partial charge on any atom is 0.128 e. The molecule has 0 bridgehead atoms. The van der Waals surface area contributed by atoms with Gasteiger partial charge in [-0.2, -0.15) is 0 Å². The third kappa shape index (κ3) is 4.56. The van der Waals surface area contributed by atoms with Gasteiger partial charge in [0.2, 0.25) is 0 Å². The number of ether oxygens (including phenoxy) is 1. The van der Waals surface area contributed by atoms with Crippen LogP contribution in [-0.2, 0) is 6.61 Å². The molecule has 0 radical (unpaired) electrons. The van der Waals surface area contributed by atoms with E-state index in [1.165, 1.54) is 5.56 Å². The second-order valence-corrected chi connectivity index (χ2v) is 6.47. The summed E-state index contributed by atoms with van der Waals surface area (Å²) in [5.74, 6) is 0.818. The van der Waals surface area contributed by atoms with Gasteiger partial charge in [0.15, 0.2) is 0 Å². The summed E-state index contributed by atoms with van der Waals surface area (Å²) in [6, 6.07) is 24.2. The fraction of sp³-hybridized carbons (Fsp3) is 0.0952. The highest BCUT2D eigenvalue weighted by Crippen LogP contribution is 2.24. The summed E-state index contributed by atoms with van der Waals surface area (Å²) in [4.78, 5) is 4.52. The topological polar surface area (TPSA) is 21.6 Å². The Bertz CT molecular complexity index is 826. The van der Waals surface area contributed by atoms with E-state index in [0.29, 0.717) is 6.61 Å². The van der Waals surface area contributed by atoms with Crippen LogP contribution in [0.1, 0.15) is 16.7 Å². The van der Waals surface area contributed by atoms with Crippen LogP contribution in [-0.4, -0.2) is 6.21 Å². The molecular weight excluding hydrogens is 362 g/mol. The Hall–Kier alpha value is -2.39. The number of hydrogen-bond donors (Lipinski definition) is 0. The average Bonchev–Trinajstić information content (AvgIpc) is 2.61. The Balaban J connectivity index is 1.77. The van der Waals surface area contributed by atoms with E-state index in [0.717, 1.165) is 27.0 Å². The molecule has 3 aromatic carbocycles. The minimum atomic E-state index is 0.536. The molecule has 0 aromatic heterocycles. The van der Waals surface area contributed by atoms with Crippen molar-refractivity contribution >= 4 is 27.8 Å². The minimum Gasteiger partial charge on any atom is -0.488 e. The van der Waals surface area contributed by atoms with Crippen LogP contribution in [0.5, 0.6) is 5.75 Å². The molecule has 3 heteroatoms. The van der Waals surface area contributed by atoms with Crippen LogP contribution < -0.4 is 4.74 Å². The first-order valence-corrected chi connectivity index (χ1v) is 8.57. The Morgan fingerprint density at radius 1 is 0.958 bits per heavy atom. The van der Waals surface area contributed by atoms with Gasteiger partial charge in [-0.25, -0.2) is 0 Å². The Kier molecular flexibility index (Phi) is 5.44. The standard InChI is InChI=1S/C21H18BrNO/c1-16-7-9-17(10-8-16)15-24-21-12-11-19(22)13-18(21)14-23-20-5-3-2-4-6-20/h2-14H,15H2,1H3. The third-order valence-electron chi connectivity index (χ3n) is 3.60. The molecule has 0 heterocycles. The molecule has 0 spiro atoms. The van der Waals surface area contributed by atoms with E-state index in [2.05, 4.69) is 52.1 Å². The van der Waals surface area contributed by atoms with Crippen LogP contribution in [0.3, 0.4) is 0 Å². The van der Waals surface area contributed by atoms with Gasteiger partial charge in [0.25, 0.3) is 0 Å². The molecule has 0 aliphatic carbocycles. The molecule has 0 unspecified atom stereocenters. The van der Waals surface area contributed by atoms with Gasteiger partial charge in [-0.1, -0.05) is 64.0 Å². The van der Waals surface area contributed by atoms with Gasteiger partial charge >= 0.3 is 0 Å². The highest BCUT2D eigenvalue weighted by molar-refractivity contribution is 9.10. The number of para-hydroxylation sites is 1. The molecule has 0 saturated heterocycles. The quantitative estimate of drug-likeness (QED) is 0.491. The molecule has 0 fully saturated rings. The third-order valence-corrected chi connectivity index (χ3v) is 4.09. The molecular formula is C21H18BrNO. The lowest BCUT2D eigenvalue weighted by atomic mass is 10.1. The van der Waals surface area contributed by atoms with Gasteiger partial charge in [0.1, 0.15) is 12.4 Å². The summed E-state index contributed by atoms with van der Waals surface area (Å²) in [5, 5.41) is 0. The van der Waals surface area contributed by atoms with Crippen molar-refractivity contribution in [2.45, 2.75) is 13.5 Å². The van der Waals surface area contributed by atoms with Crippen LogP contribution in [0, 0.1) is 6.92 Å². The summed E-state index contributed by atoms with van der Waals surface area (Å²) < 4.78 is 6.99. The summed E-state index contributed by atoms with van der Waals surface area (Å²) in [6.07, 6.45) is 1.84. The molecule has 3 aromatic rings. The van der Waals surface area contributed by atoms with Crippen molar-refractivity contribution in [3.05, 3.63) is 94.0 Å². The molecule has 120 valence electrons. The van der Waals surface area contributed by atoms with Crippen molar-refractivity contribution in [3.8, 4) is 5.75 Å².